The fourth-order valence-electron chi connectivity index (χ4n) is 3.59. The van der Waals surface area contributed by atoms with Gasteiger partial charge in [0.25, 0.3) is 11.5 Å². The minimum Gasteiger partial charge on any atom is -0.451 e. The van der Waals surface area contributed by atoms with E-state index in [1.807, 2.05) is 38.1 Å². The number of carbonyl (C=O) groups is 2. The Kier molecular flexibility index (Phi) is 4.96. The monoisotopic (exact) mass is 411 g/mol. The van der Waals surface area contributed by atoms with Crippen LogP contribution in [0.2, 0.25) is 0 Å². The number of hydrogen-bond donors (Lipinski definition) is 0. The standard InChI is InChI=1S/C21H21N3O4S/c1-12-14(3)29-19-18(12)21(27)23(11-22-19)10-17(25)28-13(2)20(26)24-9-8-15-6-4-5-7-16(15)24/h4-7,11,13H,8-10H2,1-3H3/t13-/m0/s1. The largest absolute Gasteiger partial charge is 0.451 e. The molecular weight excluding hydrogens is 390 g/mol. The number of carbonyl (C=O) groups excluding carboxylic acids is 2. The molecule has 0 aliphatic carbocycles. The van der Waals surface area contributed by atoms with Crippen molar-refractivity contribution in [2.75, 3.05) is 11.4 Å². The summed E-state index contributed by atoms with van der Waals surface area (Å²) in [5.41, 5.74) is 2.56. The van der Waals surface area contributed by atoms with Crippen molar-refractivity contribution in [2.45, 2.75) is 39.8 Å². The number of aryl methyl sites for hydroxylation is 2. The molecule has 0 radical (unpaired) electrons. The van der Waals surface area contributed by atoms with Gasteiger partial charge in [-0.2, -0.15) is 0 Å². The number of esters is 1. The molecule has 4 rings (SSSR count). The lowest BCUT2D eigenvalue weighted by atomic mass is 10.2. The van der Waals surface area contributed by atoms with Crippen LogP contribution in [0.1, 0.15) is 22.9 Å². The minimum atomic E-state index is -0.939. The van der Waals surface area contributed by atoms with E-state index in [0.29, 0.717) is 16.8 Å². The lowest BCUT2D eigenvalue weighted by Gasteiger charge is -2.21. The number of benzene rings is 1. The van der Waals surface area contributed by atoms with Crippen molar-refractivity contribution < 1.29 is 14.3 Å². The van der Waals surface area contributed by atoms with Gasteiger partial charge in [0.15, 0.2) is 6.10 Å². The topological polar surface area (TPSA) is 81.5 Å². The third-order valence-corrected chi connectivity index (χ3v) is 6.38. The molecule has 1 aromatic carbocycles. The summed E-state index contributed by atoms with van der Waals surface area (Å²) in [6.45, 7) is 5.64. The first-order valence-electron chi connectivity index (χ1n) is 9.40. The van der Waals surface area contributed by atoms with Gasteiger partial charge in [0, 0.05) is 17.1 Å². The lowest BCUT2D eigenvalue weighted by Crippen LogP contribution is -2.40. The zero-order valence-corrected chi connectivity index (χ0v) is 17.3. The normalized spacial score (nSPS) is 14.1. The first kappa shape index (κ1) is 19.3. The van der Waals surface area contributed by atoms with E-state index in [1.54, 1.807) is 11.8 Å². The molecule has 0 fully saturated rings. The number of hydrogen-bond acceptors (Lipinski definition) is 6. The maximum Gasteiger partial charge on any atom is 0.326 e. The van der Waals surface area contributed by atoms with Crippen LogP contribution in [-0.2, 0) is 27.3 Å². The van der Waals surface area contributed by atoms with Gasteiger partial charge in [-0.05, 0) is 44.4 Å². The maximum atomic E-state index is 12.8. The van der Waals surface area contributed by atoms with Crippen molar-refractivity contribution in [1.82, 2.24) is 9.55 Å². The molecule has 1 amide bonds. The Morgan fingerprint density at radius 1 is 1.28 bits per heavy atom. The van der Waals surface area contributed by atoms with Gasteiger partial charge in [0.2, 0.25) is 0 Å². The van der Waals surface area contributed by atoms with Gasteiger partial charge in [0.05, 0.1) is 11.7 Å². The Balaban J connectivity index is 1.47. The average molecular weight is 411 g/mol. The molecule has 3 heterocycles. The molecule has 7 nitrogen and oxygen atoms in total. The van der Waals surface area contributed by atoms with E-state index >= 15 is 0 Å². The molecule has 0 spiro atoms. The Morgan fingerprint density at radius 2 is 2.03 bits per heavy atom. The van der Waals surface area contributed by atoms with Crippen LogP contribution in [0.4, 0.5) is 5.69 Å². The number of fused-ring (bicyclic) bond motifs is 2. The van der Waals surface area contributed by atoms with Crippen molar-refractivity contribution in [1.29, 1.82) is 0 Å². The highest BCUT2D eigenvalue weighted by molar-refractivity contribution is 7.18. The molecule has 0 bridgehead atoms. The van der Waals surface area contributed by atoms with Crippen LogP contribution in [0.25, 0.3) is 10.2 Å². The van der Waals surface area contributed by atoms with Crippen molar-refractivity contribution >= 4 is 39.1 Å². The number of para-hydroxylation sites is 1. The van der Waals surface area contributed by atoms with Gasteiger partial charge in [-0.15, -0.1) is 11.3 Å². The molecule has 29 heavy (non-hydrogen) atoms. The second kappa shape index (κ2) is 7.44. The highest BCUT2D eigenvalue weighted by Gasteiger charge is 2.29. The Bertz CT molecular complexity index is 1180. The molecule has 0 saturated carbocycles. The van der Waals surface area contributed by atoms with E-state index in [-0.39, 0.29) is 18.0 Å². The number of nitrogens with zero attached hydrogens (tertiary/aromatic N) is 3. The van der Waals surface area contributed by atoms with Gasteiger partial charge in [-0.3, -0.25) is 19.0 Å². The summed E-state index contributed by atoms with van der Waals surface area (Å²) < 4.78 is 6.56. The summed E-state index contributed by atoms with van der Waals surface area (Å²) in [4.78, 5) is 45.5. The average Bonchev–Trinajstić information content (AvgIpc) is 3.25. The summed E-state index contributed by atoms with van der Waals surface area (Å²) in [6.07, 6.45) is 1.19. The van der Waals surface area contributed by atoms with Crippen LogP contribution in [0.5, 0.6) is 0 Å². The third kappa shape index (κ3) is 3.44. The molecule has 8 heteroatoms. The highest BCUT2D eigenvalue weighted by Crippen LogP contribution is 2.28. The smallest absolute Gasteiger partial charge is 0.326 e. The molecule has 2 aromatic heterocycles. The molecule has 0 saturated heterocycles. The molecule has 150 valence electrons. The van der Waals surface area contributed by atoms with Gasteiger partial charge < -0.3 is 9.64 Å². The second-order valence-corrected chi connectivity index (χ2v) is 8.34. The summed E-state index contributed by atoms with van der Waals surface area (Å²) in [6, 6.07) is 7.70. The van der Waals surface area contributed by atoms with Crippen molar-refractivity contribution in [3.8, 4) is 0 Å². The van der Waals surface area contributed by atoms with E-state index < -0.39 is 12.1 Å². The molecule has 0 unspecified atom stereocenters. The molecule has 1 aliphatic heterocycles. The second-order valence-electron chi connectivity index (χ2n) is 7.14. The van der Waals surface area contributed by atoms with Crippen LogP contribution in [-0.4, -0.2) is 34.1 Å². The van der Waals surface area contributed by atoms with Gasteiger partial charge in [-0.1, -0.05) is 18.2 Å². The summed E-state index contributed by atoms with van der Waals surface area (Å²) in [5.74, 6) is -0.917. The van der Waals surface area contributed by atoms with Crippen LogP contribution < -0.4 is 10.5 Å². The number of amides is 1. The first-order valence-corrected chi connectivity index (χ1v) is 10.2. The molecule has 1 atom stereocenters. The number of rotatable bonds is 4. The van der Waals surface area contributed by atoms with Crippen LogP contribution in [0.3, 0.4) is 0 Å². The van der Waals surface area contributed by atoms with E-state index in [0.717, 1.165) is 28.1 Å². The van der Waals surface area contributed by atoms with Crippen molar-refractivity contribution in [3.05, 3.63) is 57.0 Å². The third-order valence-electron chi connectivity index (χ3n) is 5.26. The zero-order chi connectivity index (χ0) is 20.7. The number of thiophene rings is 1. The number of anilines is 1. The van der Waals surface area contributed by atoms with E-state index in [2.05, 4.69) is 4.98 Å². The lowest BCUT2D eigenvalue weighted by molar-refractivity contribution is -0.154. The maximum absolute atomic E-state index is 12.8. The quantitative estimate of drug-likeness (QED) is 0.617. The number of aromatic nitrogens is 2. The fraction of sp³-hybridized carbons (Fsp3) is 0.333. The Hall–Kier alpha value is -3.00. The molecule has 3 aromatic rings. The summed E-state index contributed by atoms with van der Waals surface area (Å²) in [5, 5.41) is 0.528. The minimum absolute atomic E-state index is 0.270. The molecular formula is C21H21N3O4S. The fourth-order valence-corrected chi connectivity index (χ4v) is 4.58. The SMILES string of the molecule is Cc1sc2ncn(CC(=O)O[C@@H](C)C(=O)N3CCc4ccccc43)c(=O)c2c1C. The van der Waals surface area contributed by atoms with Crippen molar-refractivity contribution in [3.63, 3.8) is 0 Å². The predicted octanol–water partition coefficient (Wildman–Crippen LogP) is 2.60. The highest BCUT2D eigenvalue weighted by atomic mass is 32.1. The van der Waals surface area contributed by atoms with E-state index in [9.17, 15) is 14.4 Å². The predicted molar refractivity (Wildman–Crippen MR) is 111 cm³/mol. The number of ether oxygens (including phenoxy) is 1. The van der Waals surface area contributed by atoms with Gasteiger partial charge in [0.1, 0.15) is 11.4 Å². The first-order chi connectivity index (χ1) is 13.9. The summed E-state index contributed by atoms with van der Waals surface area (Å²) in [7, 11) is 0. The summed E-state index contributed by atoms with van der Waals surface area (Å²) >= 11 is 1.45. The van der Waals surface area contributed by atoms with Gasteiger partial charge in [-0.25, -0.2) is 4.98 Å². The zero-order valence-electron chi connectivity index (χ0n) is 16.5. The van der Waals surface area contributed by atoms with E-state index in [1.165, 1.54) is 22.2 Å². The van der Waals surface area contributed by atoms with Gasteiger partial charge >= 0.3 is 5.97 Å². The Morgan fingerprint density at radius 3 is 2.83 bits per heavy atom. The molecule has 1 aliphatic rings. The molecule has 0 N–H and O–H groups in total. The van der Waals surface area contributed by atoms with Crippen molar-refractivity contribution in [2.24, 2.45) is 0 Å². The van der Waals surface area contributed by atoms with Crippen LogP contribution >= 0.6 is 11.3 Å². The van der Waals surface area contributed by atoms with E-state index in [4.69, 9.17) is 4.74 Å². The van der Waals surface area contributed by atoms with Crippen LogP contribution in [0.15, 0.2) is 35.4 Å². The Labute approximate surface area is 171 Å². The van der Waals surface area contributed by atoms with Crippen LogP contribution in [0, 0.1) is 13.8 Å².